The number of hydrogen-bond donors (Lipinski definition) is 1. The van der Waals surface area contributed by atoms with E-state index in [2.05, 4.69) is 0 Å². The van der Waals surface area contributed by atoms with Crippen LogP contribution in [0.1, 0.15) is 36.0 Å². The lowest BCUT2D eigenvalue weighted by Crippen LogP contribution is -2.52. The molecule has 1 saturated heterocycles. The second-order valence-corrected chi connectivity index (χ2v) is 7.25. The zero-order valence-electron chi connectivity index (χ0n) is 13.7. The number of hydrogen-bond acceptors (Lipinski definition) is 4. The normalized spacial score (nSPS) is 29.5. The van der Waals surface area contributed by atoms with Gasteiger partial charge in [-0.1, -0.05) is 23.2 Å². The lowest BCUT2D eigenvalue weighted by molar-refractivity contribution is -0.0824. The average molecular weight is 374 g/mol. The van der Waals surface area contributed by atoms with Crippen LogP contribution in [0, 0.1) is 0 Å². The first kappa shape index (κ1) is 17.8. The zero-order valence-corrected chi connectivity index (χ0v) is 15.2. The van der Waals surface area contributed by atoms with Gasteiger partial charge in [-0.15, -0.1) is 0 Å². The minimum Gasteiger partial charge on any atom is -0.494 e. The van der Waals surface area contributed by atoms with Crippen LogP contribution in [-0.4, -0.2) is 54.4 Å². The minimum absolute atomic E-state index is 0.140. The maximum atomic E-state index is 13.0. The summed E-state index contributed by atoms with van der Waals surface area (Å²) in [5.74, 6) is 0.204. The Balaban J connectivity index is 1.90. The van der Waals surface area contributed by atoms with E-state index in [1.807, 2.05) is 0 Å². The van der Waals surface area contributed by atoms with Crippen molar-refractivity contribution in [2.75, 3.05) is 20.8 Å². The third-order valence-corrected chi connectivity index (χ3v) is 5.83. The van der Waals surface area contributed by atoms with Crippen LogP contribution in [0.4, 0.5) is 0 Å². The van der Waals surface area contributed by atoms with Crippen LogP contribution in [-0.2, 0) is 4.74 Å². The van der Waals surface area contributed by atoms with E-state index in [-0.39, 0.29) is 17.6 Å². The highest BCUT2D eigenvalue weighted by Gasteiger charge is 2.52. The van der Waals surface area contributed by atoms with Gasteiger partial charge < -0.3 is 19.5 Å². The van der Waals surface area contributed by atoms with Crippen LogP contribution in [0.25, 0.3) is 0 Å². The zero-order chi connectivity index (χ0) is 17.5. The van der Waals surface area contributed by atoms with E-state index in [0.29, 0.717) is 40.7 Å². The van der Waals surface area contributed by atoms with Gasteiger partial charge in [-0.2, -0.15) is 0 Å². The van der Waals surface area contributed by atoms with Crippen LogP contribution in [0.3, 0.4) is 0 Å². The Hall–Kier alpha value is -1.01. The summed E-state index contributed by atoms with van der Waals surface area (Å²) in [6.45, 7) is 0.589. The van der Waals surface area contributed by atoms with Gasteiger partial charge in [0.05, 0.1) is 34.9 Å². The Morgan fingerprint density at radius 3 is 2.54 bits per heavy atom. The third kappa shape index (κ3) is 2.88. The molecule has 0 spiro atoms. The second kappa shape index (κ2) is 6.71. The van der Waals surface area contributed by atoms with Crippen molar-refractivity contribution in [1.29, 1.82) is 0 Å². The van der Waals surface area contributed by atoms with Crippen molar-refractivity contribution in [1.82, 2.24) is 4.90 Å². The molecule has 2 fully saturated rings. The summed E-state index contributed by atoms with van der Waals surface area (Å²) in [5.41, 5.74) is 0.0485. The minimum atomic E-state index is -0.408. The summed E-state index contributed by atoms with van der Waals surface area (Å²) in [4.78, 5) is 14.8. The first-order valence-electron chi connectivity index (χ1n) is 7.99. The standard InChI is InChI=1S/C17H21Cl2NO4/c1-23-15-12(18)7-10(8-13(15)19)16(22)20-6-5-17(24-2)4-3-11(21)9-14(17)20/h7-8,11,14,21H,3-6,9H2,1-2H3/t11-,14+,17-/m1/s1. The molecule has 1 aliphatic carbocycles. The second-order valence-electron chi connectivity index (χ2n) is 6.43. The summed E-state index contributed by atoms with van der Waals surface area (Å²) in [6, 6.07) is 3.00. The number of methoxy groups -OCH3 is 2. The fourth-order valence-corrected chi connectivity index (χ4v) is 4.61. The summed E-state index contributed by atoms with van der Waals surface area (Å²) in [7, 11) is 3.16. The largest absolute Gasteiger partial charge is 0.494 e. The number of ether oxygens (including phenoxy) is 2. The van der Waals surface area contributed by atoms with Gasteiger partial charge in [0.2, 0.25) is 0 Å². The molecule has 0 radical (unpaired) electrons. The molecule has 3 rings (SSSR count). The molecule has 24 heavy (non-hydrogen) atoms. The molecule has 3 atom stereocenters. The average Bonchev–Trinajstić information content (AvgIpc) is 2.93. The predicted octanol–water partition coefficient (Wildman–Crippen LogP) is 3.15. The predicted molar refractivity (Wildman–Crippen MR) is 92.1 cm³/mol. The quantitative estimate of drug-likeness (QED) is 0.883. The molecule has 132 valence electrons. The fourth-order valence-electron chi connectivity index (χ4n) is 3.96. The molecule has 1 aromatic carbocycles. The number of aliphatic hydroxyl groups excluding tert-OH is 1. The molecule has 1 aromatic rings. The number of carbonyl (C=O) groups excluding carboxylic acids is 1. The van der Waals surface area contributed by atoms with Gasteiger partial charge in [0.1, 0.15) is 0 Å². The van der Waals surface area contributed by atoms with Crippen molar-refractivity contribution in [3.05, 3.63) is 27.7 Å². The van der Waals surface area contributed by atoms with Crippen molar-refractivity contribution in [3.63, 3.8) is 0 Å². The molecule has 1 amide bonds. The lowest BCUT2D eigenvalue weighted by atomic mass is 9.79. The highest BCUT2D eigenvalue weighted by Crippen LogP contribution is 2.43. The Morgan fingerprint density at radius 2 is 1.96 bits per heavy atom. The van der Waals surface area contributed by atoms with Crippen molar-refractivity contribution in [2.24, 2.45) is 0 Å². The van der Waals surface area contributed by atoms with Crippen LogP contribution < -0.4 is 4.74 Å². The van der Waals surface area contributed by atoms with Crippen LogP contribution in [0.15, 0.2) is 12.1 Å². The van der Waals surface area contributed by atoms with Crippen LogP contribution >= 0.6 is 23.2 Å². The van der Waals surface area contributed by atoms with Crippen molar-refractivity contribution < 1.29 is 19.4 Å². The van der Waals surface area contributed by atoms with Gasteiger partial charge in [-0.25, -0.2) is 0 Å². The fraction of sp³-hybridized carbons (Fsp3) is 0.588. The van der Waals surface area contributed by atoms with Crippen LogP contribution in [0.5, 0.6) is 5.75 Å². The Bertz CT molecular complexity index is 630. The van der Waals surface area contributed by atoms with Gasteiger partial charge in [-0.05, 0) is 37.8 Å². The molecule has 5 nitrogen and oxygen atoms in total. The molecule has 1 heterocycles. The van der Waals surface area contributed by atoms with Gasteiger partial charge in [0, 0.05) is 19.2 Å². The van der Waals surface area contributed by atoms with Crippen molar-refractivity contribution in [2.45, 2.75) is 43.4 Å². The highest BCUT2D eigenvalue weighted by atomic mass is 35.5. The number of likely N-dealkylation sites (tertiary alicyclic amines) is 1. The summed E-state index contributed by atoms with van der Waals surface area (Å²) in [5, 5.41) is 10.6. The Kier molecular flexibility index (Phi) is 4.98. The molecular formula is C17H21Cl2NO4. The van der Waals surface area contributed by atoms with Gasteiger partial charge >= 0.3 is 0 Å². The maximum absolute atomic E-state index is 13.0. The summed E-state index contributed by atoms with van der Waals surface area (Å²) < 4.78 is 10.9. The molecule has 0 bridgehead atoms. The summed E-state index contributed by atoms with van der Waals surface area (Å²) >= 11 is 12.3. The van der Waals surface area contributed by atoms with E-state index >= 15 is 0 Å². The lowest BCUT2D eigenvalue weighted by Gasteiger charge is -2.42. The van der Waals surface area contributed by atoms with E-state index in [1.165, 1.54) is 7.11 Å². The molecule has 1 saturated carbocycles. The van der Waals surface area contributed by atoms with E-state index in [1.54, 1.807) is 24.1 Å². The number of amides is 1. The SMILES string of the molecule is COc1c(Cl)cc(C(=O)N2CC[C@]3(OC)CC[C@@H](O)C[C@H]23)cc1Cl. The number of rotatable bonds is 3. The van der Waals surface area contributed by atoms with Gasteiger partial charge in [0.25, 0.3) is 5.91 Å². The molecule has 0 aromatic heterocycles. The smallest absolute Gasteiger partial charge is 0.254 e. The topological polar surface area (TPSA) is 59.0 Å². The number of halogens is 2. The Morgan fingerprint density at radius 1 is 1.29 bits per heavy atom. The number of nitrogens with zero attached hydrogens (tertiary/aromatic N) is 1. The van der Waals surface area contributed by atoms with E-state index in [4.69, 9.17) is 32.7 Å². The highest BCUT2D eigenvalue weighted by molar-refractivity contribution is 6.37. The van der Waals surface area contributed by atoms with Crippen molar-refractivity contribution in [3.8, 4) is 5.75 Å². The Labute approximate surface area is 151 Å². The monoisotopic (exact) mass is 373 g/mol. The van der Waals surface area contributed by atoms with E-state index in [0.717, 1.165) is 12.8 Å². The molecule has 1 N–H and O–H groups in total. The molecule has 2 aliphatic rings. The number of aliphatic hydroxyl groups is 1. The van der Waals surface area contributed by atoms with Gasteiger partial charge in [-0.3, -0.25) is 4.79 Å². The molecule has 7 heteroatoms. The third-order valence-electron chi connectivity index (χ3n) is 5.27. The number of fused-ring (bicyclic) bond motifs is 1. The molecular weight excluding hydrogens is 353 g/mol. The first-order chi connectivity index (χ1) is 11.4. The van der Waals surface area contributed by atoms with E-state index in [9.17, 15) is 9.90 Å². The van der Waals surface area contributed by atoms with Crippen molar-refractivity contribution >= 4 is 29.1 Å². The summed E-state index contributed by atoms with van der Waals surface area (Å²) in [6.07, 6.45) is 2.34. The first-order valence-corrected chi connectivity index (χ1v) is 8.74. The van der Waals surface area contributed by atoms with Crippen LogP contribution in [0.2, 0.25) is 10.0 Å². The maximum Gasteiger partial charge on any atom is 0.254 e. The number of carbonyl (C=O) groups is 1. The van der Waals surface area contributed by atoms with Gasteiger partial charge in [0.15, 0.2) is 5.75 Å². The number of benzene rings is 1. The molecule has 1 aliphatic heterocycles. The van der Waals surface area contributed by atoms with E-state index < -0.39 is 6.10 Å². The molecule has 0 unspecified atom stereocenters.